The van der Waals surface area contributed by atoms with Gasteiger partial charge in [0.05, 0.1) is 6.10 Å². The van der Waals surface area contributed by atoms with Gasteiger partial charge < -0.3 is 15.2 Å². The van der Waals surface area contributed by atoms with Gasteiger partial charge in [-0.05, 0) is 38.6 Å². The molecule has 78 valence electrons. The zero-order valence-corrected chi connectivity index (χ0v) is 8.50. The van der Waals surface area contributed by atoms with Crippen molar-refractivity contribution in [1.82, 2.24) is 0 Å². The summed E-state index contributed by atoms with van der Waals surface area (Å²) in [6, 6.07) is 0. The Kier molecular flexibility index (Phi) is 5.35. The molecular formula is C10H21NO2. The summed E-state index contributed by atoms with van der Waals surface area (Å²) in [5.41, 5.74) is 5.49. The molecule has 1 aliphatic heterocycles. The number of hydrogen-bond donors (Lipinski definition) is 1. The van der Waals surface area contributed by atoms with Gasteiger partial charge in [-0.15, -0.1) is 0 Å². The monoisotopic (exact) mass is 187 g/mol. The Hall–Kier alpha value is -0.120. The molecule has 1 aliphatic rings. The van der Waals surface area contributed by atoms with E-state index in [9.17, 15) is 0 Å². The van der Waals surface area contributed by atoms with E-state index in [0.29, 0.717) is 6.54 Å². The van der Waals surface area contributed by atoms with Crippen molar-refractivity contribution < 1.29 is 9.47 Å². The fraction of sp³-hybridized carbons (Fsp3) is 1.00. The maximum atomic E-state index is 5.78. The van der Waals surface area contributed by atoms with Crippen molar-refractivity contribution in [1.29, 1.82) is 0 Å². The maximum absolute atomic E-state index is 5.78. The summed E-state index contributed by atoms with van der Waals surface area (Å²) in [5, 5.41) is 0. The molecule has 0 spiro atoms. The maximum Gasteiger partial charge on any atom is 0.157 e. The molecule has 1 rings (SSSR count). The molecule has 0 amide bonds. The van der Waals surface area contributed by atoms with Crippen LogP contribution in [0.1, 0.15) is 39.0 Å². The summed E-state index contributed by atoms with van der Waals surface area (Å²) in [4.78, 5) is 0. The molecule has 2 atom stereocenters. The highest BCUT2D eigenvalue weighted by molar-refractivity contribution is 4.60. The predicted molar refractivity (Wildman–Crippen MR) is 52.4 cm³/mol. The Morgan fingerprint density at radius 2 is 2.38 bits per heavy atom. The summed E-state index contributed by atoms with van der Waals surface area (Å²) in [5.74, 6) is 0. The highest BCUT2D eigenvalue weighted by Crippen LogP contribution is 2.17. The number of hydrogen-bond acceptors (Lipinski definition) is 3. The van der Waals surface area contributed by atoms with Gasteiger partial charge in [0, 0.05) is 6.61 Å². The Bertz CT molecular complexity index is 121. The van der Waals surface area contributed by atoms with Crippen molar-refractivity contribution in [3.05, 3.63) is 0 Å². The highest BCUT2D eigenvalue weighted by atomic mass is 16.7. The third kappa shape index (κ3) is 4.07. The average Bonchev–Trinajstić information content (AvgIpc) is 2.19. The summed E-state index contributed by atoms with van der Waals surface area (Å²) < 4.78 is 11.3. The first-order chi connectivity index (χ1) is 6.36. The standard InChI is InChI=1S/C10H21NO2/c1-2-9(6-7-11)13-10-5-3-4-8-12-10/h9-10H,2-8,11H2,1H3. The zero-order valence-electron chi connectivity index (χ0n) is 8.50. The molecule has 0 aromatic heterocycles. The van der Waals surface area contributed by atoms with Gasteiger partial charge >= 0.3 is 0 Å². The molecule has 2 unspecified atom stereocenters. The fourth-order valence-electron chi connectivity index (χ4n) is 1.59. The van der Waals surface area contributed by atoms with Crippen molar-refractivity contribution in [2.45, 2.75) is 51.4 Å². The molecule has 13 heavy (non-hydrogen) atoms. The lowest BCUT2D eigenvalue weighted by molar-refractivity contribution is -0.189. The topological polar surface area (TPSA) is 44.5 Å². The molecule has 0 aromatic rings. The first-order valence-electron chi connectivity index (χ1n) is 5.34. The molecule has 0 bridgehead atoms. The fourth-order valence-corrected chi connectivity index (χ4v) is 1.59. The van der Waals surface area contributed by atoms with E-state index in [-0.39, 0.29) is 12.4 Å². The van der Waals surface area contributed by atoms with Crippen LogP contribution in [0.15, 0.2) is 0 Å². The largest absolute Gasteiger partial charge is 0.353 e. The normalized spacial score (nSPS) is 25.8. The molecule has 3 nitrogen and oxygen atoms in total. The van der Waals surface area contributed by atoms with Crippen LogP contribution >= 0.6 is 0 Å². The number of ether oxygens (including phenoxy) is 2. The van der Waals surface area contributed by atoms with Gasteiger partial charge in [-0.3, -0.25) is 0 Å². The second kappa shape index (κ2) is 6.35. The van der Waals surface area contributed by atoms with Gasteiger partial charge in [0.25, 0.3) is 0 Å². The van der Waals surface area contributed by atoms with E-state index in [1.807, 2.05) is 0 Å². The van der Waals surface area contributed by atoms with Crippen LogP contribution in [0.25, 0.3) is 0 Å². The van der Waals surface area contributed by atoms with E-state index in [4.69, 9.17) is 15.2 Å². The predicted octanol–water partition coefficient (Wildman–Crippen LogP) is 1.66. The third-order valence-electron chi connectivity index (χ3n) is 2.43. The number of nitrogens with two attached hydrogens (primary N) is 1. The minimum Gasteiger partial charge on any atom is -0.353 e. The molecule has 1 fully saturated rings. The third-order valence-corrected chi connectivity index (χ3v) is 2.43. The van der Waals surface area contributed by atoms with Crippen LogP contribution in [-0.4, -0.2) is 25.5 Å². The summed E-state index contributed by atoms with van der Waals surface area (Å²) in [7, 11) is 0. The van der Waals surface area contributed by atoms with Gasteiger partial charge in [0.1, 0.15) is 0 Å². The van der Waals surface area contributed by atoms with Gasteiger partial charge in [0.15, 0.2) is 6.29 Å². The van der Waals surface area contributed by atoms with Gasteiger partial charge in [-0.2, -0.15) is 0 Å². The minimum atomic E-state index is 0.0326. The molecule has 0 saturated carbocycles. The summed E-state index contributed by atoms with van der Waals surface area (Å²) in [6.07, 6.45) is 5.73. The molecule has 1 heterocycles. The van der Waals surface area contributed by atoms with Gasteiger partial charge in [0.2, 0.25) is 0 Å². The molecule has 0 radical (unpaired) electrons. The quantitative estimate of drug-likeness (QED) is 0.712. The lowest BCUT2D eigenvalue weighted by Gasteiger charge is -2.27. The Balaban J connectivity index is 2.18. The molecule has 1 saturated heterocycles. The Morgan fingerprint density at radius 3 is 2.92 bits per heavy atom. The molecular weight excluding hydrogens is 166 g/mol. The molecule has 0 aromatic carbocycles. The second-order valence-corrected chi connectivity index (χ2v) is 3.54. The number of rotatable bonds is 5. The van der Waals surface area contributed by atoms with E-state index < -0.39 is 0 Å². The summed E-state index contributed by atoms with van der Waals surface area (Å²) >= 11 is 0. The van der Waals surface area contributed by atoms with Crippen molar-refractivity contribution in [2.75, 3.05) is 13.2 Å². The van der Waals surface area contributed by atoms with E-state index >= 15 is 0 Å². The first kappa shape index (κ1) is 11.0. The van der Waals surface area contributed by atoms with Crippen molar-refractivity contribution in [3.8, 4) is 0 Å². The SMILES string of the molecule is CCC(CCN)OC1CCCCO1. The minimum absolute atomic E-state index is 0.0326. The second-order valence-electron chi connectivity index (χ2n) is 3.54. The van der Waals surface area contributed by atoms with Gasteiger partial charge in [-0.1, -0.05) is 6.92 Å². The average molecular weight is 187 g/mol. The van der Waals surface area contributed by atoms with Crippen LogP contribution in [0.4, 0.5) is 0 Å². The van der Waals surface area contributed by atoms with Crippen molar-refractivity contribution >= 4 is 0 Å². The van der Waals surface area contributed by atoms with Crippen LogP contribution in [0.5, 0.6) is 0 Å². The molecule has 0 aliphatic carbocycles. The van der Waals surface area contributed by atoms with E-state index in [1.54, 1.807) is 0 Å². The summed E-state index contributed by atoms with van der Waals surface area (Å²) in [6.45, 7) is 3.68. The zero-order chi connectivity index (χ0) is 9.52. The lowest BCUT2D eigenvalue weighted by Crippen LogP contribution is -2.28. The van der Waals surface area contributed by atoms with Crippen LogP contribution in [0.2, 0.25) is 0 Å². The molecule has 2 N–H and O–H groups in total. The smallest absolute Gasteiger partial charge is 0.157 e. The van der Waals surface area contributed by atoms with E-state index in [1.165, 1.54) is 12.8 Å². The highest BCUT2D eigenvalue weighted by Gasteiger charge is 2.17. The van der Waals surface area contributed by atoms with E-state index in [0.717, 1.165) is 25.9 Å². The van der Waals surface area contributed by atoms with Gasteiger partial charge in [-0.25, -0.2) is 0 Å². The van der Waals surface area contributed by atoms with Crippen LogP contribution < -0.4 is 5.73 Å². The Labute approximate surface area is 80.6 Å². The Morgan fingerprint density at radius 1 is 1.54 bits per heavy atom. The van der Waals surface area contributed by atoms with Crippen LogP contribution in [0, 0.1) is 0 Å². The lowest BCUT2D eigenvalue weighted by atomic mass is 10.2. The van der Waals surface area contributed by atoms with Crippen LogP contribution in [-0.2, 0) is 9.47 Å². The van der Waals surface area contributed by atoms with Crippen molar-refractivity contribution in [3.63, 3.8) is 0 Å². The van der Waals surface area contributed by atoms with Crippen molar-refractivity contribution in [2.24, 2.45) is 5.73 Å². The molecule has 3 heteroatoms. The van der Waals surface area contributed by atoms with Crippen LogP contribution in [0.3, 0.4) is 0 Å². The first-order valence-corrected chi connectivity index (χ1v) is 5.34. The van der Waals surface area contributed by atoms with E-state index in [2.05, 4.69) is 6.92 Å².